The Bertz CT molecular complexity index is 738. The van der Waals surface area contributed by atoms with Crippen molar-refractivity contribution in [1.29, 1.82) is 0 Å². The highest BCUT2D eigenvalue weighted by atomic mass is 16.6. The highest BCUT2D eigenvalue weighted by Crippen LogP contribution is 2.34. The largest absolute Gasteiger partial charge is 0.480 e. The van der Waals surface area contributed by atoms with E-state index in [2.05, 4.69) is 20.9 Å². The zero-order valence-electron chi connectivity index (χ0n) is 11.7. The molecule has 0 amide bonds. The summed E-state index contributed by atoms with van der Waals surface area (Å²) >= 11 is 0. The van der Waals surface area contributed by atoms with E-state index >= 15 is 0 Å². The van der Waals surface area contributed by atoms with Gasteiger partial charge >= 0.3 is 0 Å². The fourth-order valence-electron chi connectivity index (χ4n) is 2.52. The van der Waals surface area contributed by atoms with Gasteiger partial charge in [0.25, 0.3) is 0 Å². The molecule has 116 valence electrons. The van der Waals surface area contributed by atoms with Crippen molar-refractivity contribution >= 4 is 11.0 Å². The standard InChI is InChI=1S/C14H15N3O5/c1-3-6-4-15-12-8(6)14(21-2)17-13(16-12)11-10(20)9(19)7(5-18)22-11/h1,4,7,9-11,18-20H,5H2,2H3,(H,15,16,17)/t7-,9-,10-,11-/m1/s1. The first kappa shape index (κ1) is 14.7. The zero-order valence-corrected chi connectivity index (χ0v) is 11.7. The van der Waals surface area contributed by atoms with Crippen molar-refractivity contribution in [2.24, 2.45) is 0 Å². The van der Waals surface area contributed by atoms with Crippen molar-refractivity contribution in [2.75, 3.05) is 13.7 Å². The molecule has 8 nitrogen and oxygen atoms in total. The lowest BCUT2D eigenvalue weighted by Crippen LogP contribution is -2.32. The van der Waals surface area contributed by atoms with Crippen molar-refractivity contribution in [3.05, 3.63) is 17.6 Å². The Hall–Kier alpha value is -2.18. The molecule has 1 saturated heterocycles. The summed E-state index contributed by atoms with van der Waals surface area (Å²) in [6, 6.07) is 0. The van der Waals surface area contributed by atoms with E-state index in [0.717, 1.165) is 0 Å². The van der Waals surface area contributed by atoms with Crippen LogP contribution in [0.3, 0.4) is 0 Å². The Kier molecular flexibility index (Phi) is 3.72. The number of nitrogens with one attached hydrogen (secondary N) is 1. The molecule has 0 spiro atoms. The molecule has 3 rings (SSSR count). The van der Waals surface area contributed by atoms with Gasteiger partial charge in [-0.2, -0.15) is 4.98 Å². The molecular weight excluding hydrogens is 290 g/mol. The lowest BCUT2D eigenvalue weighted by Gasteiger charge is -2.14. The molecule has 22 heavy (non-hydrogen) atoms. The van der Waals surface area contributed by atoms with Gasteiger partial charge in [-0.3, -0.25) is 0 Å². The van der Waals surface area contributed by atoms with E-state index in [1.54, 1.807) is 6.20 Å². The van der Waals surface area contributed by atoms with Crippen molar-refractivity contribution in [2.45, 2.75) is 24.4 Å². The summed E-state index contributed by atoms with van der Waals surface area (Å²) in [4.78, 5) is 11.4. The quantitative estimate of drug-likeness (QED) is 0.542. The number of H-pyrrole nitrogens is 1. The predicted octanol–water partition coefficient (Wildman–Crippen LogP) is -0.898. The van der Waals surface area contributed by atoms with E-state index in [-0.39, 0.29) is 11.7 Å². The molecule has 0 aromatic carbocycles. The highest BCUT2D eigenvalue weighted by Gasteiger charge is 2.44. The molecule has 1 aliphatic heterocycles. The Morgan fingerprint density at radius 3 is 2.77 bits per heavy atom. The van der Waals surface area contributed by atoms with Crippen LogP contribution in [-0.2, 0) is 4.74 Å². The second-order valence-corrected chi connectivity index (χ2v) is 4.92. The van der Waals surface area contributed by atoms with Crippen LogP contribution in [0.4, 0.5) is 0 Å². The third-order valence-corrected chi connectivity index (χ3v) is 3.66. The average molecular weight is 305 g/mol. The maximum absolute atomic E-state index is 10.0. The first-order chi connectivity index (χ1) is 10.6. The minimum atomic E-state index is -1.25. The number of ether oxygens (including phenoxy) is 2. The zero-order chi connectivity index (χ0) is 15.9. The number of aromatic amines is 1. The van der Waals surface area contributed by atoms with Gasteiger partial charge in [0.1, 0.15) is 30.1 Å². The first-order valence-electron chi connectivity index (χ1n) is 6.62. The Balaban J connectivity index is 2.07. The van der Waals surface area contributed by atoms with E-state index in [1.807, 2.05) is 0 Å². The molecule has 3 heterocycles. The fraction of sp³-hybridized carbons (Fsp3) is 0.429. The molecular formula is C14H15N3O5. The Labute approximate surface area is 125 Å². The van der Waals surface area contributed by atoms with Gasteiger partial charge in [0.15, 0.2) is 5.82 Å². The van der Waals surface area contributed by atoms with E-state index < -0.39 is 31.0 Å². The van der Waals surface area contributed by atoms with Gasteiger partial charge in [0.2, 0.25) is 5.88 Å². The summed E-state index contributed by atoms with van der Waals surface area (Å²) in [5.74, 6) is 2.88. The summed E-state index contributed by atoms with van der Waals surface area (Å²) in [5.41, 5.74) is 0.993. The number of nitrogens with zero attached hydrogens (tertiary/aromatic N) is 2. The van der Waals surface area contributed by atoms with Gasteiger partial charge in [0.05, 0.1) is 24.7 Å². The highest BCUT2D eigenvalue weighted by molar-refractivity contribution is 5.87. The van der Waals surface area contributed by atoms with Crippen LogP contribution < -0.4 is 4.74 Å². The third-order valence-electron chi connectivity index (χ3n) is 3.66. The van der Waals surface area contributed by atoms with Crippen molar-refractivity contribution in [3.63, 3.8) is 0 Å². The van der Waals surface area contributed by atoms with E-state index in [9.17, 15) is 10.2 Å². The number of aliphatic hydroxyl groups is 3. The van der Waals surface area contributed by atoms with Gasteiger partial charge in [-0.05, 0) is 0 Å². The van der Waals surface area contributed by atoms with Gasteiger partial charge in [-0.25, -0.2) is 4.98 Å². The van der Waals surface area contributed by atoms with Crippen LogP contribution in [0.1, 0.15) is 17.5 Å². The van der Waals surface area contributed by atoms with Crippen molar-refractivity contribution in [3.8, 4) is 18.2 Å². The Morgan fingerprint density at radius 1 is 1.41 bits per heavy atom. The summed E-state index contributed by atoms with van der Waals surface area (Å²) in [5, 5.41) is 29.6. The number of aromatic nitrogens is 3. The number of rotatable bonds is 3. The third kappa shape index (κ3) is 2.12. The SMILES string of the molecule is C#Cc1c[nH]c2nc([C@@H]3O[C@H](CO)[C@@H](O)[C@H]3O)nc(OC)c12. The van der Waals surface area contributed by atoms with E-state index in [0.29, 0.717) is 16.6 Å². The molecule has 0 aliphatic carbocycles. The number of fused-ring (bicyclic) bond motifs is 1. The number of terminal acetylenes is 1. The van der Waals surface area contributed by atoms with E-state index in [4.69, 9.17) is 21.0 Å². The lowest BCUT2D eigenvalue weighted by atomic mass is 10.1. The van der Waals surface area contributed by atoms with Crippen LogP contribution in [-0.4, -0.2) is 62.3 Å². The van der Waals surface area contributed by atoms with Gasteiger partial charge in [0, 0.05) is 6.20 Å². The van der Waals surface area contributed by atoms with Gasteiger partial charge in [-0.15, -0.1) is 6.42 Å². The molecule has 2 aromatic heterocycles. The normalized spacial score (nSPS) is 28.0. The summed E-state index contributed by atoms with van der Waals surface area (Å²) in [7, 11) is 1.44. The van der Waals surface area contributed by atoms with Gasteiger partial charge in [-0.1, -0.05) is 5.92 Å². The molecule has 8 heteroatoms. The van der Waals surface area contributed by atoms with Crippen LogP contribution in [0.15, 0.2) is 6.20 Å². The Morgan fingerprint density at radius 2 is 2.18 bits per heavy atom. The van der Waals surface area contributed by atoms with Crippen LogP contribution in [0.2, 0.25) is 0 Å². The first-order valence-corrected chi connectivity index (χ1v) is 6.62. The molecule has 0 radical (unpaired) electrons. The van der Waals surface area contributed by atoms with E-state index in [1.165, 1.54) is 7.11 Å². The lowest BCUT2D eigenvalue weighted by molar-refractivity contribution is -0.0253. The molecule has 1 aliphatic rings. The monoisotopic (exact) mass is 305 g/mol. The fourth-order valence-corrected chi connectivity index (χ4v) is 2.52. The average Bonchev–Trinajstić information content (AvgIpc) is 3.08. The maximum Gasteiger partial charge on any atom is 0.227 e. The van der Waals surface area contributed by atoms with Crippen LogP contribution in [0, 0.1) is 12.3 Å². The molecule has 4 N–H and O–H groups in total. The molecule has 0 unspecified atom stereocenters. The number of aliphatic hydroxyl groups excluding tert-OH is 3. The summed E-state index contributed by atoms with van der Waals surface area (Å²) in [6.45, 7) is -0.419. The molecule has 0 bridgehead atoms. The molecule has 2 aromatic rings. The number of hydrogen-bond acceptors (Lipinski definition) is 7. The topological polar surface area (TPSA) is 121 Å². The smallest absolute Gasteiger partial charge is 0.227 e. The number of methoxy groups -OCH3 is 1. The number of hydrogen-bond donors (Lipinski definition) is 4. The second kappa shape index (κ2) is 5.55. The molecule has 1 fully saturated rings. The van der Waals surface area contributed by atoms with Crippen LogP contribution >= 0.6 is 0 Å². The molecule has 4 atom stereocenters. The molecule has 0 saturated carbocycles. The maximum atomic E-state index is 10.0. The minimum absolute atomic E-state index is 0.136. The van der Waals surface area contributed by atoms with Crippen LogP contribution in [0.5, 0.6) is 5.88 Å². The summed E-state index contributed by atoms with van der Waals surface area (Å²) < 4.78 is 10.6. The van der Waals surface area contributed by atoms with Crippen LogP contribution in [0.25, 0.3) is 11.0 Å². The van der Waals surface area contributed by atoms with Gasteiger partial charge < -0.3 is 29.8 Å². The van der Waals surface area contributed by atoms with Crippen molar-refractivity contribution < 1.29 is 24.8 Å². The minimum Gasteiger partial charge on any atom is -0.480 e. The van der Waals surface area contributed by atoms with Crippen molar-refractivity contribution in [1.82, 2.24) is 15.0 Å². The predicted molar refractivity (Wildman–Crippen MR) is 75.1 cm³/mol. The summed E-state index contributed by atoms with van der Waals surface area (Å²) in [6.07, 6.45) is 2.69. The second-order valence-electron chi connectivity index (χ2n) is 4.92.